The van der Waals surface area contributed by atoms with Crippen LogP contribution < -0.4 is 10.9 Å². The Balaban J connectivity index is 2.68. The second-order valence-corrected chi connectivity index (χ2v) is 6.00. The Morgan fingerprint density at radius 3 is 2.53 bits per heavy atom. The molecule has 0 amide bonds. The lowest BCUT2D eigenvalue weighted by Gasteiger charge is -2.22. The average molecular weight is 295 g/mol. The topological polar surface area (TPSA) is 46.9 Å². The molecule has 1 rings (SSSR count). The van der Waals surface area contributed by atoms with E-state index in [1.54, 1.807) is 6.20 Å². The van der Waals surface area contributed by atoms with Crippen molar-refractivity contribution < 1.29 is 13.2 Å². The van der Waals surface area contributed by atoms with Gasteiger partial charge in [0.15, 0.2) is 5.82 Å². The summed E-state index contributed by atoms with van der Waals surface area (Å²) in [6, 6.07) is 0. The Bertz CT molecular complexity index is 479. The molecule has 19 heavy (non-hydrogen) atoms. The molecule has 1 N–H and O–H groups in total. The predicted octanol–water partition coefficient (Wildman–Crippen LogP) is 2.66. The van der Waals surface area contributed by atoms with Crippen LogP contribution in [0.3, 0.4) is 0 Å². The summed E-state index contributed by atoms with van der Waals surface area (Å²) in [5, 5.41) is 2.63. The number of aromatic nitrogens is 2. The number of nitrogens with one attached hydrogen (secondary N) is 1. The zero-order valence-corrected chi connectivity index (χ0v) is 11.7. The third-order valence-electron chi connectivity index (χ3n) is 2.22. The number of halogens is 3. The maximum Gasteiger partial charge on any atom is 0.441 e. The fraction of sp³-hybridized carbons (Fsp3) is 0.636. The number of nitrogens with zero attached hydrogens (tertiary/aromatic N) is 2. The van der Waals surface area contributed by atoms with Crippen LogP contribution in [0.15, 0.2) is 17.2 Å². The summed E-state index contributed by atoms with van der Waals surface area (Å²) in [4.78, 5) is 15.9. The third-order valence-corrected chi connectivity index (χ3v) is 2.96. The highest BCUT2D eigenvalue weighted by Crippen LogP contribution is 2.29. The molecular formula is C11H16F3N3OS. The quantitative estimate of drug-likeness (QED) is 0.868. The number of anilines is 1. The van der Waals surface area contributed by atoms with Crippen LogP contribution in [0.1, 0.15) is 20.8 Å². The van der Waals surface area contributed by atoms with E-state index < -0.39 is 11.0 Å². The van der Waals surface area contributed by atoms with Crippen LogP contribution in [0, 0.1) is 0 Å². The van der Waals surface area contributed by atoms with Crippen molar-refractivity contribution in [2.45, 2.75) is 31.8 Å². The van der Waals surface area contributed by atoms with Crippen molar-refractivity contribution >= 4 is 17.6 Å². The van der Waals surface area contributed by atoms with Crippen molar-refractivity contribution in [2.75, 3.05) is 17.6 Å². The number of hydrogen-bond donors (Lipinski definition) is 1. The number of rotatable bonds is 4. The SMILES string of the molecule is CC(C)(C)n1ccnc(NCCSC(F)(F)F)c1=O. The highest BCUT2D eigenvalue weighted by atomic mass is 32.2. The minimum Gasteiger partial charge on any atom is -0.365 e. The van der Waals surface area contributed by atoms with Gasteiger partial charge in [-0.1, -0.05) is 0 Å². The van der Waals surface area contributed by atoms with Gasteiger partial charge in [-0.15, -0.1) is 0 Å². The van der Waals surface area contributed by atoms with Gasteiger partial charge in [-0.3, -0.25) is 4.79 Å². The maximum atomic E-state index is 12.0. The van der Waals surface area contributed by atoms with Gasteiger partial charge in [0, 0.05) is 30.2 Å². The Hall–Kier alpha value is -1.18. The third kappa shape index (κ3) is 5.14. The van der Waals surface area contributed by atoms with Crippen LogP contribution in [-0.2, 0) is 5.54 Å². The zero-order chi connectivity index (χ0) is 14.7. The minimum atomic E-state index is -4.25. The smallest absolute Gasteiger partial charge is 0.365 e. The largest absolute Gasteiger partial charge is 0.441 e. The molecule has 0 aromatic carbocycles. The summed E-state index contributed by atoms with van der Waals surface area (Å²) in [7, 11) is 0. The number of alkyl halides is 3. The van der Waals surface area contributed by atoms with E-state index in [-0.39, 0.29) is 35.4 Å². The van der Waals surface area contributed by atoms with E-state index in [1.165, 1.54) is 10.8 Å². The lowest BCUT2D eigenvalue weighted by atomic mass is 10.1. The van der Waals surface area contributed by atoms with Gasteiger partial charge in [-0.2, -0.15) is 13.2 Å². The molecule has 1 aromatic rings. The van der Waals surface area contributed by atoms with Gasteiger partial charge in [-0.05, 0) is 32.5 Å². The molecule has 0 atom stereocenters. The van der Waals surface area contributed by atoms with Crippen molar-refractivity contribution in [1.82, 2.24) is 9.55 Å². The van der Waals surface area contributed by atoms with Crippen molar-refractivity contribution in [3.8, 4) is 0 Å². The first-order valence-electron chi connectivity index (χ1n) is 5.64. The van der Waals surface area contributed by atoms with Crippen LogP contribution in [0.25, 0.3) is 0 Å². The minimum absolute atomic E-state index is 0.0283. The van der Waals surface area contributed by atoms with Crippen LogP contribution in [-0.4, -0.2) is 27.4 Å². The van der Waals surface area contributed by atoms with E-state index in [1.807, 2.05) is 20.8 Å². The van der Waals surface area contributed by atoms with Crippen LogP contribution in [0.5, 0.6) is 0 Å². The second-order valence-electron chi connectivity index (χ2n) is 4.84. The first-order chi connectivity index (χ1) is 8.61. The van der Waals surface area contributed by atoms with Gasteiger partial charge in [-0.25, -0.2) is 4.98 Å². The Labute approximate surface area is 113 Å². The van der Waals surface area contributed by atoms with E-state index in [9.17, 15) is 18.0 Å². The molecule has 0 spiro atoms. The van der Waals surface area contributed by atoms with Crippen LogP contribution >= 0.6 is 11.8 Å². The fourth-order valence-corrected chi connectivity index (χ4v) is 1.83. The summed E-state index contributed by atoms with van der Waals surface area (Å²) in [5.41, 5.74) is -5.00. The highest BCUT2D eigenvalue weighted by Gasteiger charge is 2.27. The lowest BCUT2D eigenvalue weighted by Crippen LogP contribution is -2.35. The molecule has 108 valence electrons. The summed E-state index contributed by atoms with van der Waals surface area (Å²) in [6.45, 7) is 5.60. The molecule has 0 aliphatic rings. The van der Waals surface area contributed by atoms with Crippen molar-refractivity contribution in [2.24, 2.45) is 0 Å². The molecule has 0 aliphatic carbocycles. The molecule has 0 aliphatic heterocycles. The van der Waals surface area contributed by atoms with Gasteiger partial charge in [0.1, 0.15) is 0 Å². The van der Waals surface area contributed by atoms with Crippen molar-refractivity contribution in [3.05, 3.63) is 22.7 Å². The monoisotopic (exact) mass is 295 g/mol. The normalized spacial score (nSPS) is 12.5. The van der Waals surface area contributed by atoms with E-state index in [2.05, 4.69) is 10.3 Å². The molecule has 0 saturated heterocycles. The van der Waals surface area contributed by atoms with E-state index in [4.69, 9.17) is 0 Å². The molecule has 0 unspecified atom stereocenters. The summed E-state index contributed by atoms with van der Waals surface area (Å²) >= 11 is -0.131. The van der Waals surface area contributed by atoms with Gasteiger partial charge in [0.25, 0.3) is 5.56 Å². The fourth-order valence-electron chi connectivity index (χ4n) is 1.40. The zero-order valence-electron chi connectivity index (χ0n) is 10.9. The Morgan fingerprint density at radius 2 is 2.00 bits per heavy atom. The summed E-state index contributed by atoms with van der Waals surface area (Å²) in [6.07, 6.45) is 3.00. The Kier molecular flexibility index (Phi) is 4.89. The molecule has 0 bridgehead atoms. The van der Waals surface area contributed by atoms with Gasteiger partial charge >= 0.3 is 5.51 Å². The van der Waals surface area contributed by atoms with Gasteiger partial charge < -0.3 is 9.88 Å². The van der Waals surface area contributed by atoms with E-state index >= 15 is 0 Å². The van der Waals surface area contributed by atoms with E-state index in [0.29, 0.717) is 0 Å². The molecule has 0 radical (unpaired) electrons. The van der Waals surface area contributed by atoms with Crippen LogP contribution in [0.2, 0.25) is 0 Å². The van der Waals surface area contributed by atoms with Gasteiger partial charge in [0.2, 0.25) is 0 Å². The number of hydrogen-bond acceptors (Lipinski definition) is 4. The lowest BCUT2D eigenvalue weighted by molar-refractivity contribution is -0.0327. The molecule has 1 heterocycles. The molecule has 1 aromatic heterocycles. The first-order valence-corrected chi connectivity index (χ1v) is 6.62. The highest BCUT2D eigenvalue weighted by molar-refractivity contribution is 8.00. The second kappa shape index (κ2) is 5.85. The molecule has 0 saturated carbocycles. The standard InChI is InChI=1S/C11H16F3N3OS/c1-10(2,3)17-6-4-15-8(9(17)18)16-5-7-19-11(12,13)14/h4,6H,5,7H2,1-3H3,(H,15,16). The Morgan fingerprint density at radius 1 is 1.37 bits per heavy atom. The average Bonchev–Trinajstić information content (AvgIpc) is 2.23. The van der Waals surface area contributed by atoms with Crippen LogP contribution in [0.4, 0.5) is 19.0 Å². The van der Waals surface area contributed by atoms with Gasteiger partial charge in [0.05, 0.1) is 0 Å². The van der Waals surface area contributed by atoms with Crippen molar-refractivity contribution in [3.63, 3.8) is 0 Å². The van der Waals surface area contributed by atoms with E-state index in [0.717, 1.165) is 0 Å². The summed E-state index contributed by atoms with van der Waals surface area (Å²) in [5.74, 6) is -0.102. The molecule has 0 fully saturated rings. The first kappa shape index (κ1) is 15.9. The maximum absolute atomic E-state index is 12.0. The molecule has 4 nitrogen and oxygen atoms in total. The predicted molar refractivity (Wildman–Crippen MR) is 70.5 cm³/mol. The molecule has 8 heteroatoms. The number of thioether (sulfide) groups is 1. The summed E-state index contributed by atoms with van der Waals surface area (Å²) < 4.78 is 37.3. The van der Waals surface area contributed by atoms with Crippen molar-refractivity contribution in [1.29, 1.82) is 0 Å². The molecular weight excluding hydrogens is 279 g/mol.